The number of benzene rings is 2. The van der Waals surface area contributed by atoms with Gasteiger partial charge in [0.25, 0.3) is 0 Å². The largest absolute Gasteiger partial charge is 0.399 e. The number of hydrogen-bond donors (Lipinski definition) is 2. The van der Waals surface area contributed by atoms with Crippen LogP contribution < -0.4 is 11.5 Å². The highest BCUT2D eigenvalue weighted by molar-refractivity contribution is 7.90. The van der Waals surface area contributed by atoms with Gasteiger partial charge in [0, 0.05) is 17.6 Å². The molecule has 0 aliphatic carbocycles. The fraction of sp³-hybridized carbons (Fsp3) is 0.0667. The fourth-order valence-corrected chi connectivity index (χ4v) is 2.72. The number of hydrogen-bond acceptors (Lipinski definition) is 4. The van der Waals surface area contributed by atoms with Crippen LogP contribution in [0.4, 0.5) is 11.4 Å². The molecular weight excluding hydrogens is 272 g/mol. The molecule has 20 heavy (non-hydrogen) atoms. The van der Waals surface area contributed by atoms with Gasteiger partial charge in [-0.1, -0.05) is 30.4 Å². The Morgan fingerprint density at radius 3 is 2.10 bits per heavy atom. The van der Waals surface area contributed by atoms with Gasteiger partial charge in [0.2, 0.25) is 0 Å². The fourth-order valence-electron chi connectivity index (χ4n) is 1.80. The molecule has 4 N–H and O–H groups in total. The monoisotopic (exact) mass is 288 g/mol. The zero-order valence-electron chi connectivity index (χ0n) is 11.1. The molecule has 4 nitrogen and oxygen atoms in total. The SMILES string of the molecule is CS(=O)(=O)c1cc(N)ccc1/C=C/c1ccc(N)cc1. The first-order chi connectivity index (χ1) is 9.36. The predicted molar refractivity (Wildman–Crippen MR) is 83.7 cm³/mol. The van der Waals surface area contributed by atoms with Crippen molar-refractivity contribution in [1.29, 1.82) is 0 Å². The second-order valence-corrected chi connectivity index (χ2v) is 6.55. The number of nitrogen functional groups attached to an aromatic ring is 2. The van der Waals surface area contributed by atoms with Gasteiger partial charge in [-0.3, -0.25) is 0 Å². The molecular formula is C15H16N2O2S. The lowest BCUT2D eigenvalue weighted by Gasteiger charge is -2.05. The van der Waals surface area contributed by atoms with E-state index in [1.807, 2.05) is 18.2 Å². The van der Waals surface area contributed by atoms with E-state index in [2.05, 4.69) is 0 Å². The quantitative estimate of drug-likeness (QED) is 0.671. The molecule has 5 heteroatoms. The molecule has 0 bridgehead atoms. The minimum Gasteiger partial charge on any atom is -0.399 e. The summed E-state index contributed by atoms with van der Waals surface area (Å²) >= 11 is 0. The lowest BCUT2D eigenvalue weighted by Crippen LogP contribution is -2.01. The van der Waals surface area contributed by atoms with Crippen LogP contribution >= 0.6 is 0 Å². The van der Waals surface area contributed by atoms with Crippen molar-refractivity contribution < 1.29 is 8.42 Å². The molecule has 0 spiro atoms. The Morgan fingerprint density at radius 2 is 1.50 bits per heavy atom. The van der Waals surface area contributed by atoms with Crippen LogP contribution in [0.2, 0.25) is 0 Å². The molecule has 0 heterocycles. The van der Waals surface area contributed by atoms with E-state index in [9.17, 15) is 8.42 Å². The van der Waals surface area contributed by atoms with Crippen molar-refractivity contribution in [2.24, 2.45) is 0 Å². The third-order valence-corrected chi connectivity index (χ3v) is 3.98. The molecule has 0 aliphatic rings. The third kappa shape index (κ3) is 3.39. The van der Waals surface area contributed by atoms with Crippen molar-refractivity contribution in [1.82, 2.24) is 0 Å². The maximum absolute atomic E-state index is 11.8. The first kappa shape index (κ1) is 14.1. The summed E-state index contributed by atoms with van der Waals surface area (Å²) in [6, 6.07) is 12.2. The minimum atomic E-state index is -3.32. The minimum absolute atomic E-state index is 0.226. The third-order valence-electron chi connectivity index (χ3n) is 2.83. The van der Waals surface area contributed by atoms with Crippen LogP contribution in [0.3, 0.4) is 0 Å². The zero-order chi connectivity index (χ0) is 14.8. The van der Waals surface area contributed by atoms with Crippen molar-refractivity contribution in [3.05, 3.63) is 53.6 Å². The van der Waals surface area contributed by atoms with Gasteiger partial charge < -0.3 is 11.5 Å². The van der Waals surface area contributed by atoms with E-state index in [0.29, 0.717) is 16.9 Å². The van der Waals surface area contributed by atoms with E-state index in [0.717, 1.165) is 5.56 Å². The summed E-state index contributed by atoms with van der Waals surface area (Å²) in [6.45, 7) is 0. The highest BCUT2D eigenvalue weighted by Gasteiger charge is 2.11. The predicted octanol–water partition coefficient (Wildman–Crippen LogP) is 2.42. The number of nitrogens with two attached hydrogens (primary N) is 2. The summed E-state index contributed by atoms with van der Waals surface area (Å²) in [5.41, 5.74) is 13.9. The number of sulfone groups is 1. The summed E-state index contributed by atoms with van der Waals surface area (Å²) in [6.07, 6.45) is 4.75. The number of rotatable bonds is 3. The summed E-state index contributed by atoms with van der Waals surface area (Å²) in [4.78, 5) is 0.226. The molecule has 0 amide bonds. The van der Waals surface area contributed by atoms with E-state index >= 15 is 0 Å². The second kappa shape index (κ2) is 5.38. The zero-order valence-corrected chi connectivity index (χ0v) is 11.9. The average molecular weight is 288 g/mol. The molecule has 0 aliphatic heterocycles. The molecule has 0 radical (unpaired) electrons. The van der Waals surface area contributed by atoms with Crippen LogP contribution in [0.5, 0.6) is 0 Å². The van der Waals surface area contributed by atoms with Gasteiger partial charge in [-0.25, -0.2) is 8.42 Å². The molecule has 0 aromatic heterocycles. The normalized spacial score (nSPS) is 11.8. The van der Waals surface area contributed by atoms with Crippen LogP contribution in [-0.2, 0) is 9.84 Å². The first-order valence-corrected chi connectivity index (χ1v) is 7.88. The topological polar surface area (TPSA) is 86.2 Å². The van der Waals surface area contributed by atoms with E-state index in [1.165, 1.54) is 12.3 Å². The molecule has 0 saturated carbocycles. The van der Waals surface area contributed by atoms with Gasteiger partial charge in [0.1, 0.15) is 0 Å². The highest BCUT2D eigenvalue weighted by atomic mass is 32.2. The van der Waals surface area contributed by atoms with Crippen LogP contribution in [0, 0.1) is 0 Å². The highest BCUT2D eigenvalue weighted by Crippen LogP contribution is 2.21. The Hall–Kier alpha value is -2.27. The van der Waals surface area contributed by atoms with Gasteiger partial charge in [-0.2, -0.15) is 0 Å². The lowest BCUT2D eigenvalue weighted by molar-refractivity contribution is 0.602. The van der Waals surface area contributed by atoms with Gasteiger partial charge in [0.05, 0.1) is 4.90 Å². The molecule has 0 saturated heterocycles. The van der Waals surface area contributed by atoms with E-state index in [1.54, 1.807) is 30.3 Å². The van der Waals surface area contributed by atoms with Crippen LogP contribution in [0.15, 0.2) is 47.4 Å². The summed E-state index contributed by atoms with van der Waals surface area (Å²) < 4.78 is 23.5. The van der Waals surface area contributed by atoms with Crippen molar-refractivity contribution in [2.45, 2.75) is 4.90 Å². The Morgan fingerprint density at radius 1 is 0.900 bits per heavy atom. The number of anilines is 2. The summed E-state index contributed by atoms with van der Waals surface area (Å²) in [5.74, 6) is 0. The molecule has 0 unspecified atom stereocenters. The Balaban J connectivity index is 2.41. The smallest absolute Gasteiger partial charge is 0.176 e. The Labute approximate surface area is 118 Å². The maximum atomic E-state index is 11.8. The first-order valence-electron chi connectivity index (χ1n) is 5.99. The van der Waals surface area contributed by atoms with Gasteiger partial charge in [0.15, 0.2) is 9.84 Å². The second-order valence-electron chi connectivity index (χ2n) is 4.57. The van der Waals surface area contributed by atoms with Crippen LogP contribution in [0.1, 0.15) is 11.1 Å². The maximum Gasteiger partial charge on any atom is 0.176 e. The Bertz CT molecular complexity index is 748. The molecule has 2 rings (SSSR count). The van der Waals surface area contributed by atoms with Crippen LogP contribution in [0.25, 0.3) is 12.2 Å². The van der Waals surface area contributed by atoms with E-state index in [-0.39, 0.29) is 4.90 Å². The molecule has 2 aromatic rings. The molecule has 0 atom stereocenters. The van der Waals surface area contributed by atoms with E-state index in [4.69, 9.17) is 11.5 Å². The van der Waals surface area contributed by atoms with Crippen molar-refractivity contribution >= 4 is 33.4 Å². The van der Waals surface area contributed by atoms with Crippen molar-refractivity contribution in [2.75, 3.05) is 17.7 Å². The van der Waals surface area contributed by atoms with E-state index < -0.39 is 9.84 Å². The lowest BCUT2D eigenvalue weighted by atomic mass is 10.1. The molecule has 0 fully saturated rings. The van der Waals surface area contributed by atoms with Gasteiger partial charge >= 0.3 is 0 Å². The van der Waals surface area contributed by atoms with Gasteiger partial charge in [-0.15, -0.1) is 0 Å². The van der Waals surface area contributed by atoms with Crippen molar-refractivity contribution in [3.8, 4) is 0 Å². The molecule has 2 aromatic carbocycles. The average Bonchev–Trinajstić information content (AvgIpc) is 2.38. The Kier molecular flexibility index (Phi) is 3.81. The summed E-state index contributed by atoms with van der Waals surface area (Å²) in [5, 5.41) is 0. The van der Waals surface area contributed by atoms with Crippen molar-refractivity contribution in [3.63, 3.8) is 0 Å². The van der Waals surface area contributed by atoms with Gasteiger partial charge in [-0.05, 0) is 35.4 Å². The summed E-state index contributed by atoms with van der Waals surface area (Å²) in [7, 11) is -3.32. The molecule has 104 valence electrons. The van der Waals surface area contributed by atoms with Crippen LogP contribution in [-0.4, -0.2) is 14.7 Å². The standard InChI is InChI=1S/C15H16N2O2S/c1-20(18,19)15-10-14(17)9-6-12(15)5-2-11-3-7-13(16)8-4-11/h2-10H,16-17H2,1H3/b5-2+.